The highest BCUT2D eigenvalue weighted by Gasteiger charge is 2.15. The molecule has 0 radical (unpaired) electrons. The van der Waals surface area contributed by atoms with Crippen molar-refractivity contribution < 1.29 is 9.21 Å². The maximum Gasteiger partial charge on any atom is 0.184 e. The van der Waals surface area contributed by atoms with Crippen LogP contribution in [0.2, 0.25) is 0 Å². The van der Waals surface area contributed by atoms with Gasteiger partial charge in [-0.25, -0.2) is 0 Å². The monoisotopic (exact) mass is 428 g/mol. The zero-order valence-electron chi connectivity index (χ0n) is 17.1. The molecule has 2 rings (SSSR count). The Balaban J connectivity index is 2.06. The lowest BCUT2D eigenvalue weighted by atomic mass is 10.1. The van der Waals surface area contributed by atoms with Crippen molar-refractivity contribution >= 4 is 39.1 Å². The molecule has 0 saturated heterocycles. The molecule has 1 heterocycles. The second kappa shape index (κ2) is 11.2. The largest absolute Gasteiger partial charge is 0.462 e. The average Bonchev–Trinajstić information content (AvgIpc) is 3.28. The Morgan fingerprint density at radius 1 is 1.37 bits per heavy atom. The zero-order chi connectivity index (χ0) is 22.1. The Hall–Kier alpha value is -3.04. The van der Waals surface area contributed by atoms with Gasteiger partial charge in [0, 0.05) is 17.8 Å². The molecule has 0 atom stereocenters. The van der Waals surface area contributed by atoms with Crippen LogP contribution >= 0.6 is 11.8 Å². The Kier molecular flexibility index (Phi) is 8.70. The third kappa shape index (κ3) is 6.23. The molecule has 30 heavy (non-hydrogen) atoms. The second-order valence-electron chi connectivity index (χ2n) is 6.47. The van der Waals surface area contributed by atoms with Crippen LogP contribution in [0.5, 0.6) is 0 Å². The van der Waals surface area contributed by atoms with E-state index in [4.69, 9.17) is 27.0 Å². The lowest BCUT2D eigenvalue weighted by molar-refractivity contribution is 0.100. The number of nitrogen functional groups attached to an aromatic ring is 1. The van der Waals surface area contributed by atoms with Gasteiger partial charge in [0.1, 0.15) is 11.6 Å². The molecule has 8 nitrogen and oxygen atoms in total. The van der Waals surface area contributed by atoms with Crippen molar-refractivity contribution in [1.29, 1.82) is 5.41 Å². The number of thioether (sulfide) groups is 1. The summed E-state index contributed by atoms with van der Waals surface area (Å²) in [5, 5.41) is 8.14. The number of carbonyl (C=O) groups excluding carboxylic acids is 1. The summed E-state index contributed by atoms with van der Waals surface area (Å²) >= 11 is 0.931. The van der Waals surface area contributed by atoms with Crippen molar-refractivity contribution in [3.63, 3.8) is 0 Å². The van der Waals surface area contributed by atoms with Gasteiger partial charge in [-0.2, -0.15) is 0 Å². The van der Waals surface area contributed by atoms with Gasteiger partial charge in [-0.05, 0) is 61.5 Å². The van der Waals surface area contributed by atoms with Gasteiger partial charge >= 0.3 is 0 Å². The number of benzene rings is 1. The fourth-order valence-corrected chi connectivity index (χ4v) is 3.25. The molecule has 0 unspecified atom stereocenters. The number of nitrogens with two attached hydrogens (primary N) is 3. The average molecular weight is 429 g/mol. The van der Waals surface area contributed by atoms with E-state index in [9.17, 15) is 4.79 Å². The van der Waals surface area contributed by atoms with E-state index < -0.39 is 0 Å². The molecular weight excluding hydrogens is 400 g/mol. The lowest BCUT2D eigenvalue weighted by Crippen LogP contribution is -2.25. The van der Waals surface area contributed by atoms with Crippen LogP contribution in [-0.2, 0) is 0 Å². The summed E-state index contributed by atoms with van der Waals surface area (Å²) in [6.07, 6.45) is 3.06. The molecular formula is C21H28N6O2S. The van der Waals surface area contributed by atoms with E-state index >= 15 is 0 Å². The lowest BCUT2D eigenvalue weighted by Gasteiger charge is -2.27. The minimum absolute atomic E-state index is 0.113. The number of Topliss-reactive ketones (excluding diaryl/α,β-unsaturated/α-hetero) is 1. The number of anilines is 2. The van der Waals surface area contributed by atoms with Crippen LogP contribution in [0.1, 0.15) is 35.9 Å². The first-order valence-corrected chi connectivity index (χ1v) is 10.4. The fourth-order valence-electron chi connectivity index (χ4n) is 2.70. The van der Waals surface area contributed by atoms with Crippen molar-refractivity contribution in [1.82, 2.24) is 0 Å². The number of allylic oxidation sites excluding steroid dienone is 1. The fraction of sp³-hybridized carbons (Fsp3) is 0.286. The topological polar surface area (TPSA) is 148 Å². The van der Waals surface area contributed by atoms with E-state index in [1.54, 1.807) is 24.3 Å². The van der Waals surface area contributed by atoms with Gasteiger partial charge in [0.05, 0.1) is 17.6 Å². The molecule has 0 bridgehead atoms. The number of nitrogens with zero attached hydrogens (tertiary/aromatic N) is 2. The summed E-state index contributed by atoms with van der Waals surface area (Å²) in [6, 6.07) is 8.51. The maximum atomic E-state index is 12.5. The highest BCUT2D eigenvalue weighted by Crippen LogP contribution is 2.28. The van der Waals surface area contributed by atoms with Gasteiger partial charge in [0.15, 0.2) is 16.7 Å². The first-order valence-electron chi connectivity index (χ1n) is 9.55. The normalized spacial score (nSPS) is 11.3. The molecule has 0 fully saturated rings. The molecule has 0 aliphatic heterocycles. The van der Waals surface area contributed by atoms with E-state index in [1.165, 1.54) is 6.26 Å². The summed E-state index contributed by atoms with van der Waals surface area (Å²) in [4.78, 5) is 18.6. The van der Waals surface area contributed by atoms with Gasteiger partial charge in [-0.3, -0.25) is 15.2 Å². The highest BCUT2D eigenvalue weighted by atomic mass is 32.2. The van der Waals surface area contributed by atoms with Crippen LogP contribution in [0.15, 0.2) is 58.3 Å². The number of aliphatic imine (C=N–C) groups is 1. The van der Waals surface area contributed by atoms with E-state index in [0.29, 0.717) is 30.1 Å². The zero-order valence-corrected chi connectivity index (χ0v) is 17.9. The van der Waals surface area contributed by atoms with E-state index in [2.05, 4.69) is 11.6 Å². The van der Waals surface area contributed by atoms with Crippen LogP contribution in [0.3, 0.4) is 0 Å². The molecule has 0 aliphatic carbocycles. The first kappa shape index (κ1) is 23.2. The molecule has 1 aromatic carbocycles. The molecule has 0 amide bonds. The number of hydrogen-bond donors (Lipinski definition) is 4. The van der Waals surface area contributed by atoms with Crippen molar-refractivity contribution in [3.8, 4) is 0 Å². The SMILES string of the molecule is C=C(CC)N(CCCN)c1ccc(C(=O)CN=C(N)SC(=N)c2ccco2)cc1N. The number of nitrogens with one attached hydrogen (secondary N) is 1. The van der Waals surface area contributed by atoms with E-state index in [1.807, 2.05) is 17.9 Å². The molecule has 0 spiro atoms. The summed E-state index contributed by atoms with van der Waals surface area (Å²) in [5.74, 6) is 0.171. The van der Waals surface area contributed by atoms with Crippen molar-refractivity contribution in [2.24, 2.45) is 16.5 Å². The molecule has 0 aliphatic rings. The number of rotatable bonds is 10. The maximum absolute atomic E-state index is 12.5. The van der Waals surface area contributed by atoms with E-state index in [0.717, 1.165) is 36.0 Å². The molecule has 2 aromatic rings. The van der Waals surface area contributed by atoms with Crippen LogP contribution in [0.4, 0.5) is 11.4 Å². The molecule has 7 N–H and O–H groups in total. The van der Waals surface area contributed by atoms with Crippen LogP contribution in [0, 0.1) is 5.41 Å². The third-order valence-electron chi connectivity index (χ3n) is 4.35. The first-order chi connectivity index (χ1) is 14.4. The smallest absolute Gasteiger partial charge is 0.184 e. The standard InChI is InChI=1S/C21H28N6O2S/c1-3-14(2)27(10-5-9-22)17-8-7-15(12-16(17)23)18(28)13-26-21(25)30-20(24)19-6-4-11-29-19/h4,6-8,11-12,24H,2-3,5,9-10,13,22-23H2,1H3,(H2,25,26). The van der Waals surface area contributed by atoms with Crippen molar-refractivity contribution in [2.75, 3.05) is 30.3 Å². The van der Waals surface area contributed by atoms with E-state index in [-0.39, 0.29) is 22.5 Å². The van der Waals surface area contributed by atoms with Crippen LogP contribution in [-0.4, -0.2) is 35.6 Å². The molecule has 1 aromatic heterocycles. The van der Waals surface area contributed by atoms with Crippen LogP contribution in [0.25, 0.3) is 0 Å². The van der Waals surface area contributed by atoms with Gasteiger partial charge in [-0.15, -0.1) is 0 Å². The van der Waals surface area contributed by atoms with Gasteiger partial charge < -0.3 is 26.5 Å². The number of amidine groups is 1. The molecule has 9 heteroatoms. The van der Waals surface area contributed by atoms with Gasteiger partial charge in [-0.1, -0.05) is 13.5 Å². The minimum Gasteiger partial charge on any atom is -0.462 e. The van der Waals surface area contributed by atoms with Crippen molar-refractivity contribution in [2.45, 2.75) is 19.8 Å². The highest BCUT2D eigenvalue weighted by molar-refractivity contribution is 8.26. The van der Waals surface area contributed by atoms with Gasteiger partial charge in [0.2, 0.25) is 0 Å². The third-order valence-corrected chi connectivity index (χ3v) is 5.09. The summed E-state index contributed by atoms with van der Waals surface area (Å²) in [6.45, 7) is 7.26. The quantitative estimate of drug-likeness (QED) is 0.196. The Morgan fingerprint density at radius 2 is 2.13 bits per heavy atom. The number of carbonyl (C=O) groups is 1. The Labute approximate surface area is 180 Å². The number of ketones is 1. The summed E-state index contributed by atoms with van der Waals surface area (Å²) in [7, 11) is 0. The minimum atomic E-state index is -0.218. The van der Waals surface area contributed by atoms with Crippen LogP contribution < -0.4 is 22.1 Å². The Bertz CT molecular complexity index is 924. The molecule has 160 valence electrons. The number of hydrogen-bond acceptors (Lipinski definition) is 8. The summed E-state index contributed by atoms with van der Waals surface area (Å²) < 4.78 is 5.13. The predicted molar refractivity (Wildman–Crippen MR) is 125 cm³/mol. The second-order valence-corrected chi connectivity index (χ2v) is 7.50. The van der Waals surface area contributed by atoms with Crippen molar-refractivity contribution in [3.05, 3.63) is 60.2 Å². The Morgan fingerprint density at radius 3 is 2.73 bits per heavy atom. The predicted octanol–water partition coefficient (Wildman–Crippen LogP) is 3.20. The van der Waals surface area contributed by atoms with Gasteiger partial charge in [0.25, 0.3) is 0 Å². The summed E-state index contributed by atoms with van der Waals surface area (Å²) in [5.41, 5.74) is 20.4. The molecule has 0 saturated carbocycles. The number of furan rings is 1.